The average molecular weight is 247 g/mol. The van der Waals surface area contributed by atoms with E-state index in [0.29, 0.717) is 6.54 Å². The Labute approximate surface area is 93.2 Å². The molecule has 0 aliphatic rings. The summed E-state index contributed by atoms with van der Waals surface area (Å²) in [5.74, 6) is -0.453. The van der Waals surface area contributed by atoms with E-state index >= 15 is 0 Å². The maximum atomic E-state index is 11.4. The predicted octanol–water partition coefficient (Wildman–Crippen LogP) is 0.797. The van der Waals surface area contributed by atoms with Crippen molar-refractivity contribution in [3.05, 3.63) is 22.4 Å². The third-order valence-electron chi connectivity index (χ3n) is 2.03. The molecule has 1 N–H and O–H groups in total. The lowest BCUT2D eigenvalue weighted by atomic mass is 10.4. The Morgan fingerprint density at radius 1 is 1.60 bits per heavy atom. The van der Waals surface area contributed by atoms with Crippen LogP contribution in [0, 0.1) is 0 Å². The van der Waals surface area contributed by atoms with Gasteiger partial charge in [0.2, 0.25) is 5.91 Å². The molecule has 1 aromatic heterocycles. The number of amides is 1. The maximum absolute atomic E-state index is 11.4. The van der Waals surface area contributed by atoms with E-state index in [1.165, 1.54) is 18.3 Å². The van der Waals surface area contributed by atoms with Crippen molar-refractivity contribution in [2.45, 2.75) is 18.7 Å². The number of thiophene rings is 1. The molecule has 1 unspecified atom stereocenters. The highest BCUT2D eigenvalue weighted by Gasteiger charge is 2.22. The van der Waals surface area contributed by atoms with E-state index in [4.69, 9.17) is 0 Å². The van der Waals surface area contributed by atoms with Gasteiger partial charge in [0.1, 0.15) is 5.25 Å². The van der Waals surface area contributed by atoms with Gasteiger partial charge in [-0.05, 0) is 18.4 Å². The van der Waals surface area contributed by atoms with Crippen LogP contribution in [-0.2, 0) is 21.2 Å². The van der Waals surface area contributed by atoms with Crippen molar-refractivity contribution in [3.8, 4) is 0 Å². The summed E-state index contributed by atoms with van der Waals surface area (Å²) in [5.41, 5.74) is 0. The van der Waals surface area contributed by atoms with Crippen LogP contribution in [0.5, 0.6) is 0 Å². The second-order valence-electron chi connectivity index (χ2n) is 3.27. The molecule has 0 aliphatic heterocycles. The molecule has 0 radical (unpaired) electrons. The summed E-state index contributed by atoms with van der Waals surface area (Å²) in [7, 11) is -3.30. The van der Waals surface area contributed by atoms with E-state index in [-0.39, 0.29) is 0 Å². The van der Waals surface area contributed by atoms with E-state index in [2.05, 4.69) is 5.32 Å². The van der Waals surface area contributed by atoms with E-state index < -0.39 is 21.0 Å². The number of rotatable bonds is 4. The van der Waals surface area contributed by atoms with Crippen LogP contribution in [0.4, 0.5) is 0 Å². The van der Waals surface area contributed by atoms with Gasteiger partial charge in [-0.15, -0.1) is 11.3 Å². The van der Waals surface area contributed by atoms with Crippen molar-refractivity contribution in [3.63, 3.8) is 0 Å². The number of nitrogens with one attached hydrogen (secondary N) is 1. The van der Waals surface area contributed by atoms with Gasteiger partial charge in [0.25, 0.3) is 0 Å². The number of carbonyl (C=O) groups is 1. The molecule has 84 valence electrons. The van der Waals surface area contributed by atoms with Gasteiger partial charge in [-0.2, -0.15) is 0 Å². The highest BCUT2D eigenvalue weighted by Crippen LogP contribution is 2.08. The SMILES string of the molecule is CC(C(=O)NCc1cccs1)S(C)(=O)=O. The second kappa shape index (κ2) is 4.76. The molecule has 0 spiro atoms. The number of hydrogen-bond donors (Lipinski definition) is 1. The minimum absolute atomic E-state index is 0.385. The zero-order valence-electron chi connectivity index (χ0n) is 8.56. The molecule has 4 nitrogen and oxygen atoms in total. The molecule has 1 atom stereocenters. The van der Waals surface area contributed by atoms with Crippen LogP contribution in [0.15, 0.2) is 17.5 Å². The minimum Gasteiger partial charge on any atom is -0.350 e. The van der Waals surface area contributed by atoms with Crippen molar-refractivity contribution < 1.29 is 13.2 Å². The summed E-state index contributed by atoms with van der Waals surface area (Å²) in [6.07, 6.45) is 1.06. The van der Waals surface area contributed by atoms with Gasteiger partial charge in [0.05, 0.1) is 6.54 Å². The number of sulfone groups is 1. The zero-order valence-corrected chi connectivity index (χ0v) is 10.2. The lowest BCUT2D eigenvalue weighted by Gasteiger charge is -2.09. The Morgan fingerprint density at radius 3 is 2.73 bits per heavy atom. The first kappa shape index (κ1) is 12.2. The molecule has 0 saturated carbocycles. The summed E-state index contributed by atoms with van der Waals surface area (Å²) >= 11 is 1.52. The van der Waals surface area contributed by atoms with Crippen LogP contribution >= 0.6 is 11.3 Å². The molecule has 0 aliphatic carbocycles. The van der Waals surface area contributed by atoms with Gasteiger partial charge in [-0.3, -0.25) is 4.79 Å². The van der Waals surface area contributed by atoms with Gasteiger partial charge in [0.15, 0.2) is 9.84 Å². The fourth-order valence-corrected chi connectivity index (χ4v) is 2.04. The highest BCUT2D eigenvalue weighted by atomic mass is 32.2. The van der Waals surface area contributed by atoms with Crippen LogP contribution in [0.1, 0.15) is 11.8 Å². The maximum Gasteiger partial charge on any atom is 0.238 e. The Hall–Kier alpha value is -0.880. The van der Waals surface area contributed by atoms with Crippen LogP contribution in [0.3, 0.4) is 0 Å². The summed E-state index contributed by atoms with van der Waals surface area (Å²) in [5, 5.41) is 3.50. The zero-order chi connectivity index (χ0) is 11.5. The molecule has 6 heteroatoms. The largest absolute Gasteiger partial charge is 0.350 e. The average Bonchev–Trinajstić information content (AvgIpc) is 2.63. The third-order valence-corrected chi connectivity index (χ3v) is 4.40. The molecular formula is C9H13NO3S2. The van der Waals surface area contributed by atoms with Crippen molar-refractivity contribution in [2.24, 2.45) is 0 Å². The topological polar surface area (TPSA) is 63.2 Å². The monoisotopic (exact) mass is 247 g/mol. The van der Waals surface area contributed by atoms with Gasteiger partial charge in [0, 0.05) is 11.1 Å². The smallest absolute Gasteiger partial charge is 0.238 e. The quantitative estimate of drug-likeness (QED) is 0.856. The molecular weight excluding hydrogens is 234 g/mol. The highest BCUT2D eigenvalue weighted by molar-refractivity contribution is 7.92. The van der Waals surface area contributed by atoms with Crippen molar-refractivity contribution in [1.29, 1.82) is 0 Å². The van der Waals surface area contributed by atoms with Crippen LogP contribution in [0.2, 0.25) is 0 Å². The molecule has 0 bridgehead atoms. The van der Waals surface area contributed by atoms with E-state index in [1.54, 1.807) is 0 Å². The number of carbonyl (C=O) groups excluding carboxylic acids is 1. The minimum atomic E-state index is -3.30. The van der Waals surface area contributed by atoms with Crippen LogP contribution in [0.25, 0.3) is 0 Å². The predicted molar refractivity (Wildman–Crippen MR) is 60.5 cm³/mol. The van der Waals surface area contributed by atoms with Gasteiger partial charge >= 0.3 is 0 Å². The molecule has 15 heavy (non-hydrogen) atoms. The lowest BCUT2D eigenvalue weighted by Crippen LogP contribution is -2.36. The Balaban J connectivity index is 2.50. The molecule has 1 amide bonds. The van der Waals surface area contributed by atoms with Crippen LogP contribution < -0.4 is 5.32 Å². The first-order chi connectivity index (χ1) is 6.91. The number of hydrogen-bond acceptors (Lipinski definition) is 4. The molecule has 0 saturated heterocycles. The Bertz CT molecular complexity index is 422. The normalized spacial score (nSPS) is 13.5. The van der Waals surface area contributed by atoms with Crippen LogP contribution in [-0.4, -0.2) is 25.8 Å². The van der Waals surface area contributed by atoms with Gasteiger partial charge < -0.3 is 5.32 Å². The molecule has 1 heterocycles. The second-order valence-corrected chi connectivity index (χ2v) is 6.67. The Kier molecular flexibility index (Phi) is 3.87. The third kappa shape index (κ3) is 3.64. The van der Waals surface area contributed by atoms with Gasteiger partial charge in [-0.1, -0.05) is 6.07 Å². The first-order valence-electron chi connectivity index (χ1n) is 4.40. The van der Waals surface area contributed by atoms with E-state index in [9.17, 15) is 13.2 Å². The molecule has 0 aromatic carbocycles. The lowest BCUT2D eigenvalue weighted by molar-refractivity contribution is -0.120. The summed E-state index contributed by atoms with van der Waals surface area (Å²) in [4.78, 5) is 12.4. The summed E-state index contributed by atoms with van der Waals surface area (Å²) in [6.45, 7) is 1.77. The summed E-state index contributed by atoms with van der Waals surface area (Å²) < 4.78 is 22.2. The molecule has 1 rings (SSSR count). The Morgan fingerprint density at radius 2 is 2.27 bits per heavy atom. The fraction of sp³-hybridized carbons (Fsp3) is 0.444. The molecule has 0 fully saturated rings. The van der Waals surface area contributed by atoms with Crippen molar-refractivity contribution >= 4 is 27.1 Å². The van der Waals surface area contributed by atoms with E-state index in [1.807, 2.05) is 17.5 Å². The summed E-state index contributed by atoms with van der Waals surface area (Å²) in [6, 6.07) is 3.77. The molecule has 1 aromatic rings. The standard InChI is InChI=1S/C9H13NO3S2/c1-7(15(2,12)13)9(11)10-6-8-4-3-5-14-8/h3-5,7H,6H2,1-2H3,(H,10,11). The van der Waals surface area contributed by atoms with Crippen molar-refractivity contribution in [2.75, 3.05) is 6.26 Å². The van der Waals surface area contributed by atoms with Gasteiger partial charge in [-0.25, -0.2) is 8.42 Å². The van der Waals surface area contributed by atoms with Crippen molar-refractivity contribution in [1.82, 2.24) is 5.32 Å². The first-order valence-corrected chi connectivity index (χ1v) is 7.23. The fourth-order valence-electron chi connectivity index (χ4n) is 0.926. The van der Waals surface area contributed by atoms with E-state index in [0.717, 1.165) is 11.1 Å².